The maximum atomic E-state index is 6.14. The highest BCUT2D eigenvalue weighted by molar-refractivity contribution is 6.30. The average Bonchev–Trinajstić information content (AvgIpc) is 2.73. The molecule has 0 radical (unpaired) electrons. The summed E-state index contributed by atoms with van der Waals surface area (Å²) >= 11 is 6.02. The first-order chi connectivity index (χ1) is 13.7. The monoisotopic (exact) mass is 390 g/mol. The van der Waals surface area contributed by atoms with E-state index >= 15 is 0 Å². The normalized spacial score (nSPS) is 11.7. The standard InChI is InChI=1S/C23H19ClN2O2/c1-2-27-19-9-10-22-20(12-19)21(26-15-16-4-3-11-25-14-16)13-23(28-22)17-5-7-18(24)8-6-17/h3-14H,2,15H2,1H3. The van der Waals surface area contributed by atoms with Gasteiger partial charge in [0.1, 0.15) is 17.1 Å². The predicted molar refractivity (Wildman–Crippen MR) is 111 cm³/mol. The Balaban J connectivity index is 1.86. The van der Waals surface area contributed by atoms with Gasteiger partial charge in [-0.1, -0.05) is 17.7 Å². The Labute approximate surface area is 168 Å². The molecule has 0 aliphatic rings. The van der Waals surface area contributed by atoms with Crippen molar-refractivity contribution < 1.29 is 9.15 Å². The van der Waals surface area contributed by atoms with E-state index in [0.717, 1.165) is 39.0 Å². The van der Waals surface area contributed by atoms with Crippen LogP contribution < -0.4 is 10.1 Å². The van der Waals surface area contributed by atoms with Crippen molar-refractivity contribution in [3.8, 4) is 17.1 Å². The van der Waals surface area contributed by atoms with Crippen LogP contribution in [0.3, 0.4) is 0 Å². The SMILES string of the molecule is CCOc1ccc2oc(-c3ccc(Cl)cc3)cc(=NCc3cccnc3)c2c1. The molecule has 5 heteroatoms. The van der Waals surface area contributed by atoms with Gasteiger partial charge in [-0.05, 0) is 61.0 Å². The molecule has 4 rings (SSSR count). The summed E-state index contributed by atoms with van der Waals surface area (Å²) in [6.45, 7) is 3.10. The summed E-state index contributed by atoms with van der Waals surface area (Å²) in [5.41, 5.74) is 2.74. The third-order valence-corrected chi connectivity index (χ3v) is 4.56. The zero-order valence-corrected chi connectivity index (χ0v) is 16.2. The van der Waals surface area contributed by atoms with Crippen molar-refractivity contribution in [1.29, 1.82) is 0 Å². The van der Waals surface area contributed by atoms with Crippen molar-refractivity contribution in [2.24, 2.45) is 4.99 Å². The van der Waals surface area contributed by atoms with E-state index in [-0.39, 0.29) is 0 Å². The van der Waals surface area contributed by atoms with Crippen LogP contribution in [-0.4, -0.2) is 11.6 Å². The quantitative estimate of drug-likeness (QED) is 0.442. The molecule has 2 heterocycles. The van der Waals surface area contributed by atoms with Crippen LogP contribution >= 0.6 is 11.6 Å². The highest BCUT2D eigenvalue weighted by Crippen LogP contribution is 2.26. The third-order valence-electron chi connectivity index (χ3n) is 4.31. The first kappa shape index (κ1) is 18.3. The zero-order chi connectivity index (χ0) is 19.3. The lowest BCUT2D eigenvalue weighted by atomic mass is 10.1. The van der Waals surface area contributed by atoms with E-state index in [0.29, 0.717) is 18.2 Å². The van der Waals surface area contributed by atoms with E-state index in [9.17, 15) is 0 Å². The third kappa shape index (κ3) is 4.07. The number of halogens is 1. The second-order valence-electron chi connectivity index (χ2n) is 6.27. The second-order valence-corrected chi connectivity index (χ2v) is 6.71. The first-order valence-corrected chi connectivity index (χ1v) is 9.47. The molecule has 0 amide bonds. The number of aromatic nitrogens is 1. The van der Waals surface area contributed by atoms with Gasteiger partial charge in [-0.2, -0.15) is 0 Å². The topological polar surface area (TPSA) is 47.6 Å². The maximum Gasteiger partial charge on any atom is 0.137 e. The van der Waals surface area contributed by atoms with Gasteiger partial charge < -0.3 is 9.15 Å². The van der Waals surface area contributed by atoms with Crippen molar-refractivity contribution >= 4 is 22.6 Å². The Morgan fingerprint density at radius 1 is 1.07 bits per heavy atom. The summed E-state index contributed by atoms with van der Waals surface area (Å²) in [6, 6.07) is 19.2. The van der Waals surface area contributed by atoms with Crippen molar-refractivity contribution in [3.05, 3.63) is 89.0 Å². The van der Waals surface area contributed by atoms with Gasteiger partial charge in [-0.15, -0.1) is 0 Å². The van der Waals surface area contributed by atoms with Gasteiger partial charge in [0.2, 0.25) is 0 Å². The minimum Gasteiger partial charge on any atom is -0.494 e. The van der Waals surface area contributed by atoms with E-state index in [2.05, 4.69) is 4.98 Å². The number of hydrogen-bond donors (Lipinski definition) is 0. The van der Waals surface area contributed by atoms with Crippen LogP contribution in [0.1, 0.15) is 12.5 Å². The van der Waals surface area contributed by atoms with Gasteiger partial charge in [0.25, 0.3) is 0 Å². The molecule has 0 aliphatic heterocycles. The summed E-state index contributed by atoms with van der Waals surface area (Å²) in [4.78, 5) is 8.99. The molecule has 28 heavy (non-hydrogen) atoms. The van der Waals surface area contributed by atoms with E-state index < -0.39 is 0 Å². The Bertz CT molecular complexity index is 1150. The molecule has 0 bridgehead atoms. The molecular weight excluding hydrogens is 372 g/mol. The van der Waals surface area contributed by atoms with Crippen molar-refractivity contribution in [2.45, 2.75) is 13.5 Å². The molecular formula is C23H19ClN2O2. The molecule has 0 unspecified atom stereocenters. The number of pyridine rings is 1. The second kappa shape index (κ2) is 8.28. The van der Waals surface area contributed by atoms with E-state index in [1.807, 2.05) is 73.8 Å². The molecule has 2 aromatic carbocycles. The number of nitrogens with zero attached hydrogens (tertiary/aromatic N) is 2. The van der Waals surface area contributed by atoms with Crippen LogP contribution in [0.25, 0.3) is 22.3 Å². The molecule has 0 atom stereocenters. The van der Waals surface area contributed by atoms with Gasteiger partial charge in [-0.3, -0.25) is 9.98 Å². The zero-order valence-electron chi connectivity index (χ0n) is 15.4. The van der Waals surface area contributed by atoms with Gasteiger partial charge in [0.15, 0.2) is 0 Å². The number of benzene rings is 2. The van der Waals surface area contributed by atoms with Gasteiger partial charge >= 0.3 is 0 Å². The molecule has 4 nitrogen and oxygen atoms in total. The molecule has 0 aliphatic carbocycles. The first-order valence-electron chi connectivity index (χ1n) is 9.09. The highest BCUT2D eigenvalue weighted by Gasteiger charge is 2.08. The van der Waals surface area contributed by atoms with Crippen LogP contribution in [0.5, 0.6) is 5.75 Å². The fraction of sp³-hybridized carbons (Fsp3) is 0.130. The fourth-order valence-corrected chi connectivity index (χ4v) is 3.09. The Hall–Kier alpha value is -3.11. The van der Waals surface area contributed by atoms with Crippen LogP contribution in [0.15, 0.2) is 82.5 Å². The molecule has 0 N–H and O–H groups in total. The summed E-state index contributed by atoms with van der Waals surface area (Å²) in [5.74, 6) is 1.53. The van der Waals surface area contributed by atoms with E-state index in [1.165, 1.54) is 0 Å². The van der Waals surface area contributed by atoms with Gasteiger partial charge in [0, 0.05) is 34.4 Å². The number of fused-ring (bicyclic) bond motifs is 1. The van der Waals surface area contributed by atoms with Gasteiger partial charge in [0.05, 0.1) is 18.5 Å². The Morgan fingerprint density at radius 3 is 2.68 bits per heavy atom. The lowest BCUT2D eigenvalue weighted by molar-refractivity contribution is 0.340. The van der Waals surface area contributed by atoms with Crippen molar-refractivity contribution in [2.75, 3.05) is 6.61 Å². The number of ether oxygens (including phenoxy) is 1. The van der Waals surface area contributed by atoms with Crippen molar-refractivity contribution in [3.63, 3.8) is 0 Å². The maximum absolute atomic E-state index is 6.14. The molecule has 0 saturated carbocycles. The minimum absolute atomic E-state index is 0.534. The highest BCUT2D eigenvalue weighted by atomic mass is 35.5. The predicted octanol–water partition coefficient (Wildman–Crippen LogP) is 5.65. The molecule has 0 fully saturated rings. The molecule has 4 aromatic rings. The molecule has 0 saturated heterocycles. The fourth-order valence-electron chi connectivity index (χ4n) is 2.96. The summed E-state index contributed by atoms with van der Waals surface area (Å²) in [6.07, 6.45) is 3.58. The van der Waals surface area contributed by atoms with Crippen LogP contribution in [0.4, 0.5) is 0 Å². The van der Waals surface area contributed by atoms with Crippen molar-refractivity contribution in [1.82, 2.24) is 4.98 Å². The van der Waals surface area contributed by atoms with Crippen LogP contribution in [0.2, 0.25) is 5.02 Å². The lowest BCUT2D eigenvalue weighted by Crippen LogP contribution is -2.05. The summed E-state index contributed by atoms with van der Waals surface area (Å²) < 4.78 is 11.8. The van der Waals surface area contributed by atoms with E-state index in [1.54, 1.807) is 6.20 Å². The number of hydrogen-bond acceptors (Lipinski definition) is 4. The minimum atomic E-state index is 0.534. The largest absolute Gasteiger partial charge is 0.494 e. The van der Waals surface area contributed by atoms with Crippen LogP contribution in [0, 0.1) is 0 Å². The smallest absolute Gasteiger partial charge is 0.137 e. The van der Waals surface area contributed by atoms with E-state index in [4.69, 9.17) is 25.7 Å². The average molecular weight is 391 g/mol. The Kier molecular flexibility index (Phi) is 5.40. The Morgan fingerprint density at radius 2 is 1.93 bits per heavy atom. The molecule has 0 spiro atoms. The number of rotatable bonds is 5. The molecule has 140 valence electrons. The lowest BCUT2D eigenvalue weighted by Gasteiger charge is -2.08. The van der Waals surface area contributed by atoms with Crippen LogP contribution in [-0.2, 0) is 6.54 Å². The molecule has 2 aromatic heterocycles. The summed E-state index contributed by atoms with van der Waals surface area (Å²) in [5, 5.41) is 2.44. The van der Waals surface area contributed by atoms with Gasteiger partial charge in [-0.25, -0.2) is 0 Å². The summed E-state index contributed by atoms with van der Waals surface area (Å²) in [7, 11) is 0.